The molecule has 0 aliphatic heterocycles. The predicted molar refractivity (Wildman–Crippen MR) is 160 cm³/mol. The molecule has 0 aromatic heterocycles. The smallest absolute Gasteiger partial charge is 0.122 e. The summed E-state index contributed by atoms with van der Waals surface area (Å²) in [7, 11) is 0. The minimum absolute atomic E-state index is 0.432. The van der Waals surface area contributed by atoms with Gasteiger partial charge in [-0.05, 0) is 115 Å². The van der Waals surface area contributed by atoms with E-state index in [4.69, 9.17) is 4.74 Å². The van der Waals surface area contributed by atoms with Crippen LogP contribution in [0.1, 0.15) is 129 Å². The van der Waals surface area contributed by atoms with Gasteiger partial charge < -0.3 is 4.74 Å². The Hall–Kier alpha value is -1.76. The van der Waals surface area contributed by atoms with Gasteiger partial charge in [0, 0.05) is 0 Å². The molecule has 1 heteroatoms. The summed E-state index contributed by atoms with van der Waals surface area (Å²) < 4.78 is 6.34. The first-order chi connectivity index (χ1) is 18.0. The number of hydrogen-bond acceptors (Lipinski definition) is 1. The standard InChI is InChI=1S/C36H54O/c1-6-28-26-34(22-23-35(28)37-25-24-36(7-2,8-3)9-4)33-20-18-32(19-21-33)31-16-14-30(15-17-31)29-12-10-27(5)11-13-29/h18-23,26-27,29-31H,6-17,24-25H2,1-5H3. The first kappa shape index (κ1) is 28.3. The molecule has 0 saturated heterocycles. The third kappa shape index (κ3) is 7.01. The Bertz CT molecular complexity index is 929. The molecule has 0 bridgehead atoms. The summed E-state index contributed by atoms with van der Waals surface area (Å²) in [6, 6.07) is 16.4. The Balaban J connectivity index is 1.33. The van der Waals surface area contributed by atoms with Crippen molar-refractivity contribution in [2.45, 2.75) is 124 Å². The molecule has 1 nitrogen and oxygen atoms in total. The van der Waals surface area contributed by atoms with Gasteiger partial charge in [-0.1, -0.05) is 97.1 Å². The summed E-state index contributed by atoms with van der Waals surface area (Å²) in [5.41, 5.74) is 5.96. The van der Waals surface area contributed by atoms with Crippen LogP contribution in [0.3, 0.4) is 0 Å². The second-order valence-electron chi connectivity index (χ2n) is 12.6. The van der Waals surface area contributed by atoms with Gasteiger partial charge in [0.25, 0.3) is 0 Å². The van der Waals surface area contributed by atoms with Crippen molar-refractivity contribution in [3.8, 4) is 16.9 Å². The van der Waals surface area contributed by atoms with Crippen molar-refractivity contribution in [3.05, 3.63) is 53.6 Å². The van der Waals surface area contributed by atoms with E-state index in [-0.39, 0.29) is 0 Å². The summed E-state index contributed by atoms with van der Waals surface area (Å²) in [6.07, 6.45) is 17.4. The Labute approximate surface area is 228 Å². The lowest BCUT2D eigenvalue weighted by molar-refractivity contribution is 0.165. The summed E-state index contributed by atoms with van der Waals surface area (Å²) >= 11 is 0. The summed E-state index contributed by atoms with van der Waals surface area (Å²) in [4.78, 5) is 0. The van der Waals surface area contributed by atoms with Gasteiger partial charge in [-0.15, -0.1) is 0 Å². The van der Waals surface area contributed by atoms with Crippen molar-refractivity contribution in [3.63, 3.8) is 0 Å². The molecule has 204 valence electrons. The van der Waals surface area contributed by atoms with Crippen LogP contribution < -0.4 is 4.74 Å². The minimum atomic E-state index is 0.432. The Morgan fingerprint density at radius 3 is 1.84 bits per heavy atom. The molecule has 2 fully saturated rings. The zero-order valence-electron chi connectivity index (χ0n) is 24.7. The quantitative estimate of drug-likeness (QED) is 0.297. The summed E-state index contributed by atoms with van der Waals surface area (Å²) in [5.74, 6) is 4.82. The fourth-order valence-corrected chi connectivity index (χ4v) is 7.46. The third-order valence-electron chi connectivity index (χ3n) is 10.8. The normalized spacial score (nSPS) is 24.7. The Kier molecular flexibility index (Phi) is 10.2. The molecule has 2 saturated carbocycles. The molecule has 0 N–H and O–H groups in total. The van der Waals surface area contributed by atoms with E-state index in [0.717, 1.165) is 48.9 Å². The monoisotopic (exact) mass is 502 g/mol. The Morgan fingerprint density at radius 2 is 1.27 bits per heavy atom. The van der Waals surface area contributed by atoms with Crippen molar-refractivity contribution < 1.29 is 4.74 Å². The molecule has 0 unspecified atom stereocenters. The maximum absolute atomic E-state index is 6.34. The molecule has 0 atom stereocenters. The molecule has 4 rings (SSSR count). The van der Waals surface area contributed by atoms with Crippen LogP contribution in [0.5, 0.6) is 5.75 Å². The SMILES string of the molecule is CCc1cc(-c2ccc(C3CCC(C4CCC(C)CC4)CC3)cc2)ccc1OCCC(CC)(CC)CC. The summed E-state index contributed by atoms with van der Waals surface area (Å²) in [5, 5.41) is 0. The average Bonchev–Trinajstić information content (AvgIpc) is 2.96. The Morgan fingerprint density at radius 1 is 0.703 bits per heavy atom. The summed E-state index contributed by atoms with van der Waals surface area (Å²) in [6.45, 7) is 12.5. The largest absolute Gasteiger partial charge is 0.493 e. The van der Waals surface area contributed by atoms with Gasteiger partial charge >= 0.3 is 0 Å². The van der Waals surface area contributed by atoms with E-state index in [1.807, 2.05) is 0 Å². The van der Waals surface area contributed by atoms with Crippen LogP contribution in [0.25, 0.3) is 11.1 Å². The lowest BCUT2D eigenvalue weighted by Gasteiger charge is -2.37. The topological polar surface area (TPSA) is 9.23 Å². The molecular weight excluding hydrogens is 448 g/mol. The highest BCUT2D eigenvalue weighted by molar-refractivity contribution is 5.66. The molecule has 37 heavy (non-hydrogen) atoms. The molecule has 0 radical (unpaired) electrons. The van der Waals surface area contributed by atoms with E-state index in [9.17, 15) is 0 Å². The zero-order valence-corrected chi connectivity index (χ0v) is 24.7. The van der Waals surface area contributed by atoms with Crippen molar-refractivity contribution >= 4 is 0 Å². The fraction of sp³-hybridized carbons (Fsp3) is 0.667. The second-order valence-corrected chi connectivity index (χ2v) is 12.6. The highest BCUT2D eigenvalue weighted by Gasteiger charge is 2.30. The van der Waals surface area contributed by atoms with Crippen LogP contribution in [0.2, 0.25) is 0 Å². The van der Waals surface area contributed by atoms with Crippen molar-refractivity contribution in [2.75, 3.05) is 6.61 Å². The number of hydrogen-bond donors (Lipinski definition) is 0. The molecule has 2 aromatic carbocycles. The van der Waals surface area contributed by atoms with E-state index >= 15 is 0 Å². The van der Waals surface area contributed by atoms with Crippen LogP contribution in [0.4, 0.5) is 0 Å². The van der Waals surface area contributed by atoms with Gasteiger partial charge in [0.05, 0.1) is 6.61 Å². The molecule has 0 spiro atoms. The van der Waals surface area contributed by atoms with Crippen LogP contribution in [-0.2, 0) is 6.42 Å². The van der Waals surface area contributed by atoms with Crippen LogP contribution >= 0.6 is 0 Å². The zero-order chi connectivity index (χ0) is 26.3. The number of rotatable bonds is 11. The van der Waals surface area contributed by atoms with Crippen LogP contribution in [0.15, 0.2) is 42.5 Å². The van der Waals surface area contributed by atoms with E-state index < -0.39 is 0 Å². The molecule has 0 heterocycles. The molecular formula is C36H54O. The number of aryl methyl sites for hydroxylation is 1. The highest BCUT2D eigenvalue weighted by atomic mass is 16.5. The second kappa shape index (κ2) is 13.3. The lowest BCUT2D eigenvalue weighted by atomic mass is 9.68. The van der Waals surface area contributed by atoms with E-state index in [0.29, 0.717) is 5.41 Å². The molecule has 2 aliphatic carbocycles. The maximum atomic E-state index is 6.34. The molecule has 2 aromatic rings. The van der Waals surface area contributed by atoms with E-state index in [2.05, 4.69) is 77.1 Å². The van der Waals surface area contributed by atoms with Gasteiger partial charge in [-0.25, -0.2) is 0 Å². The van der Waals surface area contributed by atoms with Gasteiger partial charge in [-0.3, -0.25) is 0 Å². The molecule has 2 aliphatic rings. The van der Waals surface area contributed by atoms with E-state index in [1.165, 1.54) is 87.3 Å². The van der Waals surface area contributed by atoms with Crippen LogP contribution in [0, 0.1) is 23.2 Å². The fourth-order valence-electron chi connectivity index (χ4n) is 7.46. The maximum Gasteiger partial charge on any atom is 0.122 e. The predicted octanol–water partition coefficient (Wildman–Crippen LogP) is 11.0. The van der Waals surface area contributed by atoms with Crippen molar-refractivity contribution in [2.24, 2.45) is 23.2 Å². The highest BCUT2D eigenvalue weighted by Crippen LogP contribution is 2.44. The number of ether oxygens (including phenoxy) is 1. The minimum Gasteiger partial charge on any atom is -0.493 e. The third-order valence-corrected chi connectivity index (χ3v) is 10.8. The first-order valence-corrected chi connectivity index (χ1v) is 15.9. The lowest BCUT2D eigenvalue weighted by Crippen LogP contribution is -2.24. The van der Waals surface area contributed by atoms with Crippen molar-refractivity contribution in [1.82, 2.24) is 0 Å². The van der Waals surface area contributed by atoms with Gasteiger partial charge in [0.15, 0.2) is 0 Å². The molecule has 0 amide bonds. The van der Waals surface area contributed by atoms with Crippen molar-refractivity contribution in [1.29, 1.82) is 0 Å². The van der Waals surface area contributed by atoms with E-state index in [1.54, 1.807) is 5.56 Å². The van der Waals surface area contributed by atoms with Gasteiger partial charge in [0.1, 0.15) is 5.75 Å². The average molecular weight is 503 g/mol. The van der Waals surface area contributed by atoms with Crippen LogP contribution in [-0.4, -0.2) is 6.61 Å². The van der Waals surface area contributed by atoms with Gasteiger partial charge in [0.2, 0.25) is 0 Å². The number of benzene rings is 2. The van der Waals surface area contributed by atoms with Gasteiger partial charge in [-0.2, -0.15) is 0 Å². The first-order valence-electron chi connectivity index (χ1n) is 15.9.